The summed E-state index contributed by atoms with van der Waals surface area (Å²) >= 11 is 0. The summed E-state index contributed by atoms with van der Waals surface area (Å²) in [5.74, 6) is 0. The van der Waals surface area contributed by atoms with Crippen molar-refractivity contribution in [1.29, 1.82) is 0 Å². The van der Waals surface area contributed by atoms with Crippen molar-refractivity contribution in [3.63, 3.8) is 0 Å². The molecule has 3 nitrogen and oxygen atoms in total. The first-order valence-electron chi connectivity index (χ1n) is 6.69. The quantitative estimate of drug-likeness (QED) is 0.783. The molecule has 0 aromatic heterocycles. The maximum absolute atomic E-state index is 5.51. The molecule has 0 radical (unpaired) electrons. The first kappa shape index (κ1) is 12.7. The molecule has 1 saturated heterocycles. The number of hydrogen-bond acceptors (Lipinski definition) is 3. The highest BCUT2D eigenvalue weighted by Crippen LogP contribution is 2.24. The van der Waals surface area contributed by atoms with Gasteiger partial charge in [0, 0.05) is 37.9 Å². The van der Waals surface area contributed by atoms with Crippen LogP contribution in [0.4, 0.5) is 0 Å². The molecule has 1 aliphatic heterocycles. The SMILES string of the molecule is C=CC1=C(NC)CC(NC2CCCOC2)CC1. The third-order valence-corrected chi connectivity index (χ3v) is 3.78. The summed E-state index contributed by atoms with van der Waals surface area (Å²) in [6, 6.07) is 1.14. The zero-order chi connectivity index (χ0) is 12.1. The second kappa shape index (κ2) is 6.22. The van der Waals surface area contributed by atoms with Crippen molar-refractivity contribution in [2.45, 2.75) is 44.2 Å². The second-order valence-corrected chi connectivity index (χ2v) is 4.98. The van der Waals surface area contributed by atoms with E-state index in [0.29, 0.717) is 12.1 Å². The maximum atomic E-state index is 5.51. The van der Waals surface area contributed by atoms with Crippen molar-refractivity contribution in [3.05, 3.63) is 23.9 Å². The van der Waals surface area contributed by atoms with Crippen LogP contribution in [-0.2, 0) is 4.74 Å². The number of rotatable bonds is 4. The van der Waals surface area contributed by atoms with Crippen LogP contribution in [0.15, 0.2) is 23.9 Å². The zero-order valence-corrected chi connectivity index (χ0v) is 10.8. The van der Waals surface area contributed by atoms with Gasteiger partial charge in [-0.25, -0.2) is 0 Å². The topological polar surface area (TPSA) is 33.3 Å². The van der Waals surface area contributed by atoms with Gasteiger partial charge in [0.1, 0.15) is 0 Å². The summed E-state index contributed by atoms with van der Waals surface area (Å²) in [6.45, 7) is 5.70. The molecule has 1 heterocycles. The van der Waals surface area contributed by atoms with Crippen LogP contribution < -0.4 is 10.6 Å². The Morgan fingerprint density at radius 1 is 1.35 bits per heavy atom. The van der Waals surface area contributed by atoms with Crippen molar-refractivity contribution >= 4 is 0 Å². The minimum absolute atomic E-state index is 0.553. The van der Waals surface area contributed by atoms with Crippen molar-refractivity contribution in [2.75, 3.05) is 20.3 Å². The number of hydrogen-bond donors (Lipinski definition) is 2. The Labute approximate surface area is 104 Å². The molecule has 2 aliphatic rings. The molecule has 3 heteroatoms. The van der Waals surface area contributed by atoms with Crippen molar-refractivity contribution in [3.8, 4) is 0 Å². The van der Waals surface area contributed by atoms with Crippen LogP contribution in [0.5, 0.6) is 0 Å². The molecule has 1 aliphatic carbocycles. The van der Waals surface area contributed by atoms with E-state index >= 15 is 0 Å². The highest BCUT2D eigenvalue weighted by Gasteiger charge is 2.22. The van der Waals surface area contributed by atoms with Gasteiger partial charge in [-0.3, -0.25) is 0 Å². The lowest BCUT2D eigenvalue weighted by Crippen LogP contribution is -2.44. The number of ether oxygens (including phenoxy) is 1. The average Bonchev–Trinajstić information content (AvgIpc) is 2.40. The second-order valence-electron chi connectivity index (χ2n) is 4.98. The molecule has 2 atom stereocenters. The fourth-order valence-electron chi connectivity index (χ4n) is 2.80. The van der Waals surface area contributed by atoms with E-state index in [4.69, 9.17) is 4.74 Å². The summed E-state index contributed by atoms with van der Waals surface area (Å²) in [6.07, 6.45) is 7.87. The largest absolute Gasteiger partial charge is 0.391 e. The third kappa shape index (κ3) is 3.33. The first-order valence-corrected chi connectivity index (χ1v) is 6.69. The van der Waals surface area contributed by atoms with E-state index < -0.39 is 0 Å². The van der Waals surface area contributed by atoms with E-state index in [-0.39, 0.29) is 0 Å². The van der Waals surface area contributed by atoms with E-state index in [1.807, 2.05) is 13.1 Å². The normalized spacial score (nSPS) is 30.2. The predicted octanol–water partition coefficient (Wildman–Crippen LogP) is 1.97. The van der Waals surface area contributed by atoms with E-state index in [1.165, 1.54) is 30.5 Å². The van der Waals surface area contributed by atoms with Crippen LogP contribution in [0.1, 0.15) is 32.1 Å². The lowest BCUT2D eigenvalue weighted by Gasteiger charge is -2.32. The molecule has 0 saturated carbocycles. The van der Waals surface area contributed by atoms with E-state index in [0.717, 1.165) is 26.1 Å². The fourth-order valence-corrected chi connectivity index (χ4v) is 2.80. The van der Waals surface area contributed by atoms with Gasteiger partial charge in [-0.05, 0) is 31.3 Å². The van der Waals surface area contributed by atoms with Gasteiger partial charge < -0.3 is 15.4 Å². The van der Waals surface area contributed by atoms with Crippen LogP contribution in [0.3, 0.4) is 0 Å². The molecule has 0 amide bonds. The molecule has 0 bridgehead atoms. The molecular formula is C14H24N2O. The van der Waals surface area contributed by atoms with Crippen LogP contribution in [-0.4, -0.2) is 32.3 Å². The summed E-state index contributed by atoms with van der Waals surface area (Å²) in [7, 11) is 2.00. The van der Waals surface area contributed by atoms with Crippen molar-refractivity contribution in [1.82, 2.24) is 10.6 Å². The molecule has 0 spiro atoms. The Balaban J connectivity index is 1.87. The predicted molar refractivity (Wildman–Crippen MR) is 70.9 cm³/mol. The molecule has 0 aromatic carbocycles. The molecule has 96 valence electrons. The Morgan fingerprint density at radius 3 is 2.88 bits per heavy atom. The van der Waals surface area contributed by atoms with Crippen LogP contribution in [0, 0.1) is 0 Å². The first-order chi connectivity index (χ1) is 8.33. The molecular weight excluding hydrogens is 212 g/mol. The Hall–Kier alpha value is -0.800. The molecule has 2 N–H and O–H groups in total. The lowest BCUT2D eigenvalue weighted by molar-refractivity contribution is 0.0655. The fraction of sp³-hybridized carbons (Fsp3) is 0.714. The monoisotopic (exact) mass is 236 g/mol. The highest BCUT2D eigenvalue weighted by molar-refractivity contribution is 5.26. The summed E-state index contributed by atoms with van der Waals surface area (Å²) < 4.78 is 5.51. The van der Waals surface area contributed by atoms with Gasteiger partial charge in [-0.1, -0.05) is 12.7 Å². The van der Waals surface area contributed by atoms with Crippen LogP contribution >= 0.6 is 0 Å². The lowest BCUT2D eigenvalue weighted by atomic mass is 9.91. The van der Waals surface area contributed by atoms with E-state index in [9.17, 15) is 0 Å². The Bertz CT molecular complexity index is 293. The van der Waals surface area contributed by atoms with Crippen LogP contribution in [0.2, 0.25) is 0 Å². The number of allylic oxidation sites excluding steroid dienone is 2. The highest BCUT2D eigenvalue weighted by atomic mass is 16.5. The third-order valence-electron chi connectivity index (χ3n) is 3.78. The maximum Gasteiger partial charge on any atom is 0.0619 e. The Morgan fingerprint density at radius 2 is 2.24 bits per heavy atom. The average molecular weight is 236 g/mol. The molecule has 0 aromatic rings. The minimum atomic E-state index is 0.553. The number of nitrogens with one attached hydrogen (secondary N) is 2. The van der Waals surface area contributed by atoms with Crippen molar-refractivity contribution < 1.29 is 4.74 Å². The van der Waals surface area contributed by atoms with Crippen LogP contribution in [0.25, 0.3) is 0 Å². The van der Waals surface area contributed by atoms with Gasteiger partial charge >= 0.3 is 0 Å². The molecule has 1 fully saturated rings. The molecule has 2 unspecified atom stereocenters. The minimum Gasteiger partial charge on any atom is -0.391 e. The molecule has 17 heavy (non-hydrogen) atoms. The standard InChI is InChI=1S/C14H24N2O/c1-3-11-6-7-12(9-14(11)15-2)16-13-5-4-8-17-10-13/h3,12-13,15-16H,1,4-10H2,2H3. The summed E-state index contributed by atoms with van der Waals surface area (Å²) in [5.41, 5.74) is 2.73. The smallest absolute Gasteiger partial charge is 0.0619 e. The van der Waals surface area contributed by atoms with Crippen molar-refractivity contribution in [2.24, 2.45) is 0 Å². The van der Waals surface area contributed by atoms with Gasteiger partial charge in [0.2, 0.25) is 0 Å². The molecule has 2 rings (SSSR count). The zero-order valence-electron chi connectivity index (χ0n) is 10.8. The van der Waals surface area contributed by atoms with E-state index in [1.54, 1.807) is 0 Å². The van der Waals surface area contributed by atoms with Gasteiger partial charge in [0.25, 0.3) is 0 Å². The van der Waals surface area contributed by atoms with Gasteiger partial charge in [-0.2, -0.15) is 0 Å². The summed E-state index contributed by atoms with van der Waals surface area (Å²) in [5, 5.41) is 7.04. The summed E-state index contributed by atoms with van der Waals surface area (Å²) in [4.78, 5) is 0. The van der Waals surface area contributed by atoms with Gasteiger partial charge in [0.15, 0.2) is 0 Å². The van der Waals surface area contributed by atoms with E-state index in [2.05, 4.69) is 17.2 Å². The van der Waals surface area contributed by atoms with Gasteiger partial charge in [0.05, 0.1) is 6.61 Å². The van der Waals surface area contributed by atoms with Gasteiger partial charge in [-0.15, -0.1) is 0 Å². The Kier molecular flexibility index (Phi) is 4.63.